The van der Waals surface area contributed by atoms with Crippen LogP contribution in [0.3, 0.4) is 0 Å². The number of hydrogen-bond donors (Lipinski definition) is 1. The summed E-state index contributed by atoms with van der Waals surface area (Å²) in [6, 6.07) is 0. The van der Waals surface area contributed by atoms with E-state index in [1.54, 1.807) is 13.8 Å². The Kier molecular flexibility index (Phi) is 2.64. The molecule has 0 spiro atoms. The quantitative estimate of drug-likeness (QED) is 0.623. The van der Waals surface area contributed by atoms with E-state index in [-0.39, 0.29) is 11.9 Å². The van der Waals surface area contributed by atoms with Crippen molar-refractivity contribution in [2.75, 3.05) is 12.4 Å². The summed E-state index contributed by atoms with van der Waals surface area (Å²) in [7, 11) is 0. The average molecular weight is 180 g/mol. The van der Waals surface area contributed by atoms with Gasteiger partial charge in [-0.1, -0.05) is 0 Å². The monoisotopic (exact) mass is 180 g/mol. The summed E-state index contributed by atoms with van der Waals surface area (Å²) in [5, 5.41) is 0. The fourth-order valence-electron chi connectivity index (χ4n) is 1.00. The maximum Gasteiger partial charge on any atom is 0.163 e. The third kappa shape index (κ3) is 2.86. The lowest BCUT2D eigenvalue weighted by Gasteiger charge is -2.16. The van der Waals surface area contributed by atoms with Gasteiger partial charge in [0.25, 0.3) is 0 Å². The molecule has 1 rings (SSSR count). The van der Waals surface area contributed by atoms with E-state index in [1.165, 1.54) is 0 Å². The van der Waals surface area contributed by atoms with Crippen molar-refractivity contribution in [3.05, 3.63) is 0 Å². The summed E-state index contributed by atoms with van der Waals surface area (Å²) < 4.78 is 29.3. The highest BCUT2D eigenvalue weighted by Gasteiger charge is 2.33. The van der Waals surface area contributed by atoms with Gasteiger partial charge in [0.1, 0.15) is 0 Å². The summed E-state index contributed by atoms with van der Waals surface area (Å²) in [5.41, 5.74) is 0. The molecule has 4 nitrogen and oxygen atoms in total. The minimum absolute atomic E-state index is 0.128. The van der Waals surface area contributed by atoms with Gasteiger partial charge in [-0.25, -0.2) is 4.21 Å². The Hall–Kier alpha value is 0.0300. The lowest BCUT2D eigenvalue weighted by atomic mass is 10.4. The van der Waals surface area contributed by atoms with Gasteiger partial charge in [-0.05, 0) is 13.8 Å². The normalized spacial score (nSPS) is 32.1. The molecule has 11 heavy (non-hydrogen) atoms. The van der Waals surface area contributed by atoms with Crippen molar-refractivity contribution in [3.63, 3.8) is 0 Å². The first-order valence-electron chi connectivity index (χ1n) is 3.39. The predicted molar refractivity (Wildman–Crippen MR) is 40.5 cm³/mol. The molecule has 0 aromatic heterocycles. The third-order valence-electron chi connectivity index (χ3n) is 1.40. The molecule has 1 aliphatic rings. The molecular formula is C6H12O4S. The van der Waals surface area contributed by atoms with E-state index in [1.807, 2.05) is 0 Å². The van der Waals surface area contributed by atoms with Crippen molar-refractivity contribution in [2.45, 2.75) is 25.7 Å². The Morgan fingerprint density at radius 2 is 2.36 bits per heavy atom. The van der Waals surface area contributed by atoms with Gasteiger partial charge in [-0.3, -0.25) is 0 Å². The second-order valence-corrected chi connectivity index (χ2v) is 3.92. The molecule has 1 aliphatic heterocycles. The zero-order chi connectivity index (χ0) is 8.48. The summed E-state index contributed by atoms with van der Waals surface area (Å²) in [4.78, 5) is 0. The van der Waals surface area contributed by atoms with E-state index in [9.17, 15) is 4.21 Å². The van der Waals surface area contributed by atoms with Crippen LogP contribution in [-0.2, 0) is 20.6 Å². The zero-order valence-corrected chi connectivity index (χ0v) is 7.39. The molecule has 0 saturated carbocycles. The van der Waals surface area contributed by atoms with Crippen LogP contribution in [0.15, 0.2) is 0 Å². The van der Waals surface area contributed by atoms with E-state index >= 15 is 0 Å². The Morgan fingerprint density at radius 3 is 2.73 bits per heavy atom. The molecule has 1 saturated heterocycles. The van der Waals surface area contributed by atoms with Crippen LogP contribution in [0.4, 0.5) is 0 Å². The van der Waals surface area contributed by atoms with Crippen molar-refractivity contribution >= 4 is 11.1 Å². The number of rotatable bonds is 2. The van der Waals surface area contributed by atoms with Crippen LogP contribution in [0, 0.1) is 0 Å². The number of hydrogen-bond acceptors (Lipinski definition) is 3. The summed E-state index contributed by atoms with van der Waals surface area (Å²) in [6.07, 6.45) is -0.240. The fraction of sp³-hybridized carbons (Fsp3) is 1.00. The fourth-order valence-corrected chi connectivity index (χ4v) is 1.49. The van der Waals surface area contributed by atoms with E-state index in [2.05, 4.69) is 0 Å². The smallest absolute Gasteiger partial charge is 0.163 e. The molecule has 1 fully saturated rings. The van der Waals surface area contributed by atoms with Crippen LogP contribution < -0.4 is 0 Å². The molecule has 1 heterocycles. The van der Waals surface area contributed by atoms with Crippen LogP contribution in [-0.4, -0.2) is 33.0 Å². The molecule has 2 unspecified atom stereocenters. The lowest BCUT2D eigenvalue weighted by molar-refractivity contribution is -0.135. The first-order valence-corrected chi connectivity index (χ1v) is 4.66. The van der Waals surface area contributed by atoms with Crippen LogP contribution in [0.1, 0.15) is 13.8 Å². The average Bonchev–Trinajstić information content (AvgIpc) is 2.08. The van der Waals surface area contributed by atoms with Crippen LogP contribution in [0.2, 0.25) is 0 Å². The second kappa shape index (κ2) is 3.18. The second-order valence-electron chi connectivity index (χ2n) is 2.94. The maximum absolute atomic E-state index is 10.3. The van der Waals surface area contributed by atoms with Gasteiger partial charge in [-0.2, -0.15) is 0 Å². The van der Waals surface area contributed by atoms with E-state index < -0.39 is 16.9 Å². The molecule has 0 bridgehead atoms. The standard InChI is InChI=1S/C6H12O4S/c1-6(2)9-3-5(10-6)4-11(7)8/h5H,3-4H2,1-2H3,(H,7,8). The highest BCUT2D eigenvalue weighted by atomic mass is 32.2. The van der Waals surface area contributed by atoms with Crippen molar-refractivity contribution < 1.29 is 18.2 Å². The minimum Gasteiger partial charge on any atom is -0.348 e. The van der Waals surface area contributed by atoms with Gasteiger partial charge in [0, 0.05) is 0 Å². The molecule has 1 N–H and O–H groups in total. The Morgan fingerprint density at radius 1 is 1.73 bits per heavy atom. The third-order valence-corrected chi connectivity index (χ3v) is 2.05. The van der Waals surface area contributed by atoms with Crippen molar-refractivity contribution in [3.8, 4) is 0 Å². The van der Waals surface area contributed by atoms with Crippen molar-refractivity contribution in [1.29, 1.82) is 0 Å². The zero-order valence-electron chi connectivity index (χ0n) is 6.57. The van der Waals surface area contributed by atoms with Gasteiger partial charge in [-0.15, -0.1) is 0 Å². The van der Waals surface area contributed by atoms with E-state index in [0.717, 1.165) is 0 Å². The van der Waals surface area contributed by atoms with Crippen molar-refractivity contribution in [2.24, 2.45) is 0 Å². The van der Waals surface area contributed by atoms with Crippen LogP contribution in [0.25, 0.3) is 0 Å². The molecule has 0 aliphatic carbocycles. The minimum atomic E-state index is -1.79. The highest BCUT2D eigenvalue weighted by Crippen LogP contribution is 2.22. The molecule has 0 aromatic carbocycles. The molecular weight excluding hydrogens is 168 g/mol. The predicted octanol–water partition coefficient (Wildman–Crippen LogP) is 0.360. The maximum atomic E-state index is 10.3. The first kappa shape index (κ1) is 9.12. The molecule has 0 aromatic rings. The Bertz CT molecular complexity index is 168. The summed E-state index contributed by atoms with van der Waals surface area (Å²) in [6.45, 7) is 3.97. The molecule has 5 heteroatoms. The van der Waals surface area contributed by atoms with Gasteiger partial charge >= 0.3 is 0 Å². The molecule has 0 radical (unpaired) electrons. The molecule has 0 amide bonds. The van der Waals surface area contributed by atoms with Crippen LogP contribution in [0.5, 0.6) is 0 Å². The van der Waals surface area contributed by atoms with Gasteiger partial charge in [0.2, 0.25) is 0 Å². The molecule has 66 valence electrons. The molecule has 2 atom stereocenters. The Labute approximate surface area is 68.2 Å². The van der Waals surface area contributed by atoms with Crippen LogP contribution >= 0.6 is 0 Å². The largest absolute Gasteiger partial charge is 0.348 e. The summed E-state index contributed by atoms with van der Waals surface area (Å²) >= 11 is -1.79. The highest BCUT2D eigenvalue weighted by molar-refractivity contribution is 7.79. The topological polar surface area (TPSA) is 55.8 Å². The lowest BCUT2D eigenvalue weighted by Crippen LogP contribution is -2.24. The number of ether oxygens (including phenoxy) is 2. The van der Waals surface area contributed by atoms with E-state index in [0.29, 0.717) is 6.61 Å². The Balaban J connectivity index is 2.36. The van der Waals surface area contributed by atoms with Crippen molar-refractivity contribution in [1.82, 2.24) is 0 Å². The first-order chi connectivity index (χ1) is 4.99. The van der Waals surface area contributed by atoms with Gasteiger partial charge in [0.15, 0.2) is 16.9 Å². The van der Waals surface area contributed by atoms with E-state index in [4.69, 9.17) is 14.0 Å². The van der Waals surface area contributed by atoms with Gasteiger partial charge in [0.05, 0.1) is 18.5 Å². The summed E-state index contributed by atoms with van der Waals surface area (Å²) in [5.74, 6) is -0.465. The SMILES string of the molecule is CC1(C)OCC(CS(=O)O)O1. The van der Waals surface area contributed by atoms with Gasteiger partial charge < -0.3 is 14.0 Å².